The van der Waals surface area contributed by atoms with E-state index >= 15 is 0 Å². The number of methoxy groups -OCH3 is 1. The van der Waals surface area contributed by atoms with Crippen molar-refractivity contribution >= 4 is 0 Å². The van der Waals surface area contributed by atoms with Crippen molar-refractivity contribution in [3.63, 3.8) is 0 Å². The molecule has 20 heavy (non-hydrogen) atoms. The Labute approximate surface area is 123 Å². The van der Waals surface area contributed by atoms with Crippen molar-refractivity contribution in [1.29, 1.82) is 0 Å². The predicted molar refractivity (Wildman–Crippen MR) is 84.5 cm³/mol. The van der Waals surface area contributed by atoms with Crippen LogP contribution in [0.1, 0.15) is 42.9 Å². The fourth-order valence-electron chi connectivity index (χ4n) is 2.95. The lowest BCUT2D eigenvalue weighted by Gasteiger charge is -2.27. The summed E-state index contributed by atoms with van der Waals surface area (Å²) in [6, 6.07) is 7.03. The van der Waals surface area contributed by atoms with Gasteiger partial charge in [-0.3, -0.25) is 0 Å². The highest BCUT2D eigenvalue weighted by Gasteiger charge is 2.19. The smallest absolute Gasteiger partial charge is 0.119 e. The Hall–Kier alpha value is -1.06. The van der Waals surface area contributed by atoms with Crippen molar-refractivity contribution in [3.05, 3.63) is 29.3 Å². The van der Waals surface area contributed by atoms with E-state index in [1.54, 1.807) is 7.11 Å². The summed E-state index contributed by atoms with van der Waals surface area (Å²) in [5.41, 5.74) is 2.94. The van der Waals surface area contributed by atoms with Crippen LogP contribution in [0, 0.1) is 0 Å². The molecule has 1 aliphatic rings. The molecule has 2 rings (SSSR count). The second kappa shape index (κ2) is 7.65. The molecule has 0 aliphatic heterocycles. The van der Waals surface area contributed by atoms with E-state index in [0.717, 1.165) is 12.3 Å². The van der Waals surface area contributed by atoms with Crippen LogP contribution in [0.5, 0.6) is 5.75 Å². The standard InChI is InChI=1S/C17H28N2O/c1-19(2)12-5-4-11-18-17-8-6-7-14-9-10-15(20-3)13-16(14)17/h9-10,13,17-18H,4-8,11-12H2,1-3H3. The third-order valence-electron chi connectivity index (χ3n) is 4.09. The summed E-state index contributed by atoms with van der Waals surface area (Å²) < 4.78 is 5.36. The number of ether oxygens (including phenoxy) is 1. The minimum Gasteiger partial charge on any atom is -0.497 e. The van der Waals surface area contributed by atoms with E-state index in [1.807, 2.05) is 0 Å². The Morgan fingerprint density at radius 2 is 2.15 bits per heavy atom. The van der Waals surface area contributed by atoms with Gasteiger partial charge in [0.1, 0.15) is 5.75 Å². The van der Waals surface area contributed by atoms with Crippen LogP contribution in [-0.2, 0) is 6.42 Å². The van der Waals surface area contributed by atoms with E-state index in [4.69, 9.17) is 4.74 Å². The molecule has 0 aromatic heterocycles. The second-order valence-corrected chi connectivity index (χ2v) is 5.97. The molecule has 3 nitrogen and oxygen atoms in total. The van der Waals surface area contributed by atoms with Gasteiger partial charge in [-0.2, -0.15) is 0 Å². The average molecular weight is 276 g/mol. The molecule has 0 saturated carbocycles. The van der Waals surface area contributed by atoms with Crippen molar-refractivity contribution in [2.24, 2.45) is 0 Å². The van der Waals surface area contributed by atoms with E-state index in [9.17, 15) is 0 Å². The topological polar surface area (TPSA) is 24.5 Å². The molecule has 1 aromatic carbocycles. The average Bonchev–Trinajstić information content (AvgIpc) is 2.46. The van der Waals surface area contributed by atoms with Gasteiger partial charge in [-0.05, 0) is 82.5 Å². The van der Waals surface area contributed by atoms with Crippen LogP contribution < -0.4 is 10.1 Å². The molecule has 0 heterocycles. The lowest BCUT2D eigenvalue weighted by molar-refractivity contribution is 0.382. The molecular weight excluding hydrogens is 248 g/mol. The number of nitrogens with one attached hydrogen (secondary N) is 1. The predicted octanol–water partition coefficient (Wildman–Crippen LogP) is 3.00. The summed E-state index contributed by atoms with van der Waals surface area (Å²) >= 11 is 0. The van der Waals surface area contributed by atoms with E-state index in [1.165, 1.54) is 49.8 Å². The number of benzene rings is 1. The van der Waals surface area contributed by atoms with Crippen molar-refractivity contribution in [2.45, 2.75) is 38.1 Å². The highest BCUT2D eigenvalue weighted by molar-refractivity contribution is 5.39. The molecule has 1 atom stereocenters. The second-order valence-electron chi connectivity index (χ2n) is 5.97. The Kier molecular flexibility index (Phi) is 5.86. The summed E-state index contributed by atoms with van der Waals surface area (Å²) in [6.45, 7) is 2.28. The highest BCUT2D eigenvalue weighted by atomic mass is 16.5. The Balaban J connectivity index is 1.87. The summed E-state index contributed by atoms with van der Waals surface area (Å²) in [7, 11) is 6.02. The number of aryl methyl sites for hydroxylation is 1. The van der Waals surface area contributed by atoms with Gasteiger partial charge in [0.25, 0.3) is 0 Å². The van der Waals surface area contributed by atoms with E-state index < -0.39 is 0 Å². The zero-order chi connectivity index (χ0) is 14.4. The summed E-state index contributed by atoms with van der Waals surface area (Å²) in [5, 5.41) is 3.73. The van der Waals surface area contributed by atoms with Crippen molar-refractivity contribution in [1.82, 2.24) is 10.2 Å². The van der Waals surface area contributed by atoms with Crippen LogP contribution in [-0.4, -0.2) is 39.2 Å². The monoisotopic (exact) mass is 276 g/mol. The molecule has 1 aliphatic carbocycles. The first-order valence-electron chi connectivity index (χ1n) is 7.75. The molecule has 1 aromatic rings. The molecule has 0 bridgehead atoms. The largest absolute Gasteiger partial charge is 0.497 e. The van der Waals surface area contributed by atoms with Gasteiger partial charge in [-0.25, -0.2) is 0 Å². The van der Waals surface area contributed by atoms with Gasteiger partial charge in [0.05, 0.1) is 7.11 Å². The molecule has 0 spiro atoms. The van der Waals surface area contributed by atoms with Crippen molar-refractivity contribution in [3.8, 4) is 5.75 Å². The SMILES string of the molecule is COc1ccc2c(c1)C(NCCCCN(C)C)CCC2. The molecule has 0 radical (unpaired) electrons. The molecular formula is C17H28N2O. The van der Waals surface area contributed by atoms with Crippen LogP contribution in [0.3, 0.4) is 0 Å². The van der Waals surface area contributed by atoms with E-state index in [-0.39, 0.29) is 0 Å². The number of hydrogen-bond donors (Lipinski definition) is 1. The minimum absolute atomic E-state index is 0.508. The fraction of sp³-hybridized carbons (Fsp3) is 0.647. The van der Waals surface area contributed by atoms with Crippen LogP contribution in [0.2, 0.25) is 0 Å². The number of unbranched alkanes of at least 4 members (excludes halogenated alkanes) is 1. The third kappa shape index (κ3) is 4.22. The normalized spacial score (nSPS) is 18.1. The first kappa shape index (κ1) is 15.3. The molecule has 0 saturated heterocycles. The summed E-state index contributed by atoms with van der Waals surface area (Å²) in [6.07, 6.45) is 6.24. The quantitative estimate of drug-likeness (QED) is 0.775. The number of fused-ring (bicyclic) bond motifs is 1. The minimum atomic E-state index is 0.508. The van der Waals surface area contributed by atoms with Crippen LogP contribution >= 0.6 is 0 Å². The Morgan fingerprint density at radius 3 is 2.90 bits per heavy atom. The Bertz CT molecular complexity index is 417. The maximum absolute atomic E-state index is 5.36. The third-order valence-corrected chi connectivity index (χ3v) is 4.09. The van der Waals surface area contributed by atoms with Crippen molar-refractivity contribution in [2.75, 3.05) is 34.3 Å². The molecule has 0 amide bonds. The lowest BCUT2D eigenvalue weighted by atomic mass is 9.87. The van der Waals surface area contributed by atoms with Gasteiger partial charge >= 0.3 is 0 Å². The highest BCUT2D eigenvalue weighted by Crippen LogP contribution is 2.32. The molecule has 0 fully saturated rings. The lowest BCUT2D eigenvalue weighted by Crippen LogP contribution is -2.26. The Morgan fingerprint density at radius 1 is 1.30 bits per heavy atom. The molecule has 112 valence electrons. The van der Waals surface area contributed by atoms with Crippen molar-refractivity contribution < 1.29 is 4.74 Å². The summed E-state index contributed by atoms with van der Waals surface area (Å²) in [4.78, 5) is 2.25. The zero-order valence-electron chi connectivity index (χ0n) is 13.1. The first-order chi connectivity index (χ1) is 9.70. The van der Waals surface area contributed by atoms with Crippen LogP contribution in [0.15, 0.2) is 18.2 Å². The van der Waals surface area contributed by atoms with Gasteiger partial charge in [-0.15, -0.1) is 0 Å². The van der Waals surface area contributed by atoms with E-state index in [0.29, 0.717) is 6.04 Å². The number of nitrogens with zero attached hydrogens (tertiary/aromatic N) is 1. The molecule has 1 N–H and O–H groups in total. The van der Waals surface area contributed by atoms with Gasteiger partial charge in [0.2, 0.25) is 0 Å². The maximum atomic E-state index is 5.36. The van der Waals surface area contributed by atoms with Gasteiger partial charge in [-0.1, -0.05) is 6.07 Å². The van der Waals surface area contributed by atoms with E-state index in [2.05, 4.69) is 42.5 Å². The number of rotatable bonds is 7. The zero-order valence-corrected chi connectivity index (χ0v) is 13.1. The molecule has 3 heteroatoms. The van der Waals surface area contributed by atoms with Crippen LogP contribution in [0.25, 0.3) is 0 Å². The number of hydrogen-bond acceptors (Lipinski definition) is 3. The first-order valence-corrected chi connectivity index (χ1v) is 7.75. The maximum Gasteiger partial charge on any atom is 0.119 e. The van der Waals surface area contributed by atoms with Crippen LogP contribution in [0.4, 0.5) is 0 Å². The fourth-order valence-corrected chi connectivity index (χ4v) is 2.95. The van der Waals surface area contributed by atoms with Gasteiger partial charge in [0, 0.05) is 6.04 Å². The van der Waals surface area contributed by atoms with Gasteiger partial charge in [0.15, 0.2) is 0 Å². The molecule has 1 unspecified atom stereocenters. The van der Waals surface area contributed by atoms with Gasteiger partial charge < -0.3 is 15.0 Å². The summed E-state index contributed by atoms with van der Waals surface area (Å²) in [5.74, 6) is 0.977.